The summed E-state index contributed by atoms with van der Waals surface area (Å²) < 4.78 is 104. The van der Waals surface area contributed by atoms with Gasteiger partial charge in [-0.2, -0.15) is 0 Å². The summed E-state index contributed by atoms with van der Waals surface area (Å²) in [7, 11) is 0. The zero-order valence-electron chi connectivity index (χ0n) is 39.6. The van der Waals surface area contributed by atoms with E-state index in [1.165, 1.54) is 38.2 Å². The number of esters is 2. The number of ketones is 2. The van der Waals surface area contributed by atoms with Crippen molar-refractivity contribution in [2.24, 2.45) is 57.2 Å². The molecule has 8 aliphatic carbocycles. The lowest BCUT2D eigenvalue weighted by Crippen LogP contribution is -2.70. The molecule has 0 spiro atoms. The number of aliphatic hydroxyl groups is 2. The van der Waals surface area contributed by atoms with Crippen LogP contribution < -0.4 is 0 Å². The maximum absolute atomic E-state index is 17.2. The predicted molar refractivity (Wildman–Crippen MR) is 242 cm³/mol. The number of rotatable bonds is 8. The number of fused-ring (bicyclic) bond motifs is 10. The third kappa shape index (κ3) is 6.87. The van der Waals surface area contributed by atoms with E-state index < -0.39 is 150 Å². The summed E-state index contributed by atoms with van der Waals surface area (Å²) in [6, 6.07) is -2.04. The van der Waals surface area contributed by atoms with E-state index in [9.17, 15) is 47.8 Å². The van der Waals surface area contributed by atoms with Crippen molar-refractivity contribution in [3.8, 4) is 0 Å². The number of carbonyl (C=O) groups excluding carboxylic acids is 6. The minimum absolute atomic E-state index is 0.0141. The van der Waals surface area contributed by atoms with Crippen molar-refractivity contribution in [1.29, 1.82) is 0 Å². The molecular weight excluding hydrogens is 939 g/mol. The number of halogens is 6. The number of aliphatic hydroxyl groups excluding tert-OH is 2. The van der Waals surface area contributed by atoms with Gasteiger partial charge in [-0.1, -0.05) is 53.7 Å². The Morgan fingerprint density at radius 3 is 1.28 bits per heavy atom. The molecule has 18 heteroatoms. The minimum atomic E-state index is -2.30. The van der Waals surface area contributed by atoms with Gasteiger partial charge in [-0.3, -0.25) is 28.8 Å². The molecule has 2 N–H and O–H groups in total. The van der Waals surface area contributed by atoms with Crippen molar-refractivity contribution in [3.63, 3.8) is 0 Å². The summed E-state index contributed by atoms with van der Waals surface area (Å²) in [5.41, 5.74) is -13.7. The van der Waals surface area contributed by atoms with Crippen molar-refractivity contribution in [3.05, 3.63) is 47.6 Å². The van der Waals surface area contributed by atoms with Crippen LogP contribution in [0.25, 0.3) is 0 Å². The van der Waals surface area contributed by atoms with Crippen molar-refractivity contribution >= 4 is 57.3 Å². The molecule has 0 aromatic rings. The summed E-state index contributed by atoms with van der Waals surface area (Å²) in [6.45, 7) is 12.9. The number of hydrogen-bond donors (Lipinski definition) is 2. The van der Waals surface area contributed by atoms with Gasteiger partial charge in [0.2, 0.25) is 10.2 Å². The molecule has 0 amide bonds. The minimum Gasteiger partial charge on any atom is -0.449 e. The second-order valence-electron chi connectivity index (χ2n) is 21.2. The molecule has 2 unspecified atom stereocenters. The summed E-state index contributed by atoms with van der Waals surface area (Å²) in [6.07, 6.45) is 0.319. The normalized spacial score (nSPS) is 47.4. The third-order valence-electron chi connectivity index (χ3n) is 18.4. The monoisotopic (exact) mass is 1000 g/mol. The van der Waals surface area contributed by atoms with Crippen molar-refractivity contribution in [2.45, 2.75) is 154 Å². The Kier molecular flexibility index (Phi) is 13.8. The van der Waals surface area contributed by atoms with E-state index in [-0.39, 0.29) is 62.5 Å². The maximum atomic E-state index is 17.2. The Balaban J connectivity index is 0.000000201. The first kappa shape index (κ1) is 52.6. The predicted octanol–water partition coefficient (Wildman–Crippen LogP) is 8.86. The Morgan fingerprint density at radius 2 is 0.971 bits per heavy atom. The third-order valence-corrected chi connectivity index (χ3v) is 19.8. The fourth-order valence-corrected chi connectivity index (χ4v) is 16.8. The zero-order valence-corrected chi connectivity index (χ0v) is 41.2. The quantitative estimate of drug-likeness (QED) is 0.176. The van der Waals surface area contributed by atoms with Gasteiger partial charge in [-0.05, 0) is 123 Å². The van der Waals surface area contributed by atoms with Crippen LogP contribution in [0.5, 0.6) is 0 Å². The van der Waals surface area contributed by atoms with Gasteiger partial charge in [0, 0.05) is 58.2 Å². The van der Waals surface area contributed by atoms with Crippen molar-refractivity contribution in [2.75, 3.05) is 12.0 Å². The van der Waals surface area contributed by atoms with Gasteiger partial charge < -0.3 is 19.7 Å². The van der Waals surface area contributed by atoms with E-state index in [1.807, 2.05) is 0 Å². The van der Waals surface area contributed by atoms with Gasteiger partial charge in [0.25, 0.3) is 0 Å². The number of ether oxygens (including phenoxy) is 2. The second kappa shape index (κ2) is 17.8. The fraction of sp³-hybridized carbons (Fsp3) is 0.720. The van der Waals surface area contributed by atoms with Gasteiger partial charge in [0.1, 0.15) is 24.4 Å². The molecule has 0 aromatic heterocycles. The second-order valence-corrected chi connectivity index (χ2v) is 23.0. The molecule has 376 valence electrons. The van der Waals surface area contributed by atoms with Crippen LogP contribution in [0.15, 0.2) is 47.6 Å². The fourth-order valence-electron chi connectivity index (χ4n) is 15.3. The summed E-state index contributed by atoms with van der Waals surface area (Å²) in [4.78, 5) is 75.6. The van der Waals surface area contributed by atoms with E-state index in [2.05, 4.69) is 0 Å². The highest BCUT2D eigenvalue weighted by molar-refractivity contribution is 8.14. The summed E-state index contributed by atoms with van der Waals surface area (Å²) in [5, 5.41) is 21.4. The molecule has 8 rings (SSSR count). The Labute approximate surface area is 401 Å². The lowest BCUT2D eigenvalue weighted by Gasteiger charge is -2.63. The average molecular weight is 1000 g/mol. The van der Waals surface area contributed by atoms with Crippen LogP contribution in [0, 0.1) is 57.2 Å². The van der Waals surface area contributed by atoms with Crippen LogP contribution >= 0.6 is 23.5 Å². The molecule has 0 saturated heterocycles. The number of carbonyl (C=O) groups is 6. The maximum Gasteiger partial charge on any atom is 0.306 e. The Morgan fingerprint density at radius 1 is 0.632 bits per heavy atom. The molecule has 0 heterocycles. The molecule has 0 aliphatic heterocycles. The molecule has 68 heavy (non-hydrogen) atoms. The molecule has 18 atom stereocenters. The molecule has 0 aromatic carbocycles. The van der Waals surface area contributed by atoms with Crippen LogP contribution in [0.1, 0.15) is 107 Å². The lowest BCUT2D eigenvalue weighted by molar-refractivity contribution is -0.228. The molecule has 10 nitrogen and oxygen atoms in total. The lowest BCUT2D eigenvalue weighted by atomic mass is 9.44. The molecular formula is C50H62F6O10S2. The topological polar surface area (TPSA) is 161 Å². The first-order chi connectivity index (χ1) is 31.7. The van der Waals surface area contributed by atoms with Gasteiger partial charge in [0.05, 0.1) is 12.2 Å². The standard InChI is InChI=1S/2C25H31F3O5S/c2*1-5-20(31)33-25(21(32)34-12-26)13(2)8-15-16-10-18(27)17-9-14(29)6-7-22(17,3)24(16,28)19(30)11-23(15,25)4/h2*6-7,9,13,15-16,18-19,30H,5,8,10-12H2,1-4H3/t2*13-,15+,16?,18+,19+,22+,23+,24+,25+/m11/s1. The summed E-state index contributed by atoms with van der Waals surface area (Å²) in [5.74, 6) is -6.59. The average Bonchev–Trinajstić information content (AvgIpc) is 3.63. The van der Waals surface area contributed by atoms with E-state index in [1.54, 1.807) is 41.5 Å². The summed E-state index contributed by atoms with van der Waals surface area (Å²) >= 11 is 0.792. The van der Waals surface area contributed by atoms with E-state index in [4.69, 9.17) is 9.47 Å². The zero-order chi connectivity index (χ0) is 50.5. The number of allylic oxidation sites excluding steroid dienone is 8. The van der Waals surface area contributed by atoms with Crippen molar-refractivity contribution < 1.29 is 74.8 Å². The van der Waals surface area contributed by atoms with E-state index >= 15 is 17.6 Å². The first-order valence-electron chi connectivity index (χ1n) is 23.5. The molecule has 0 radical (unpaired) electrons. The van der Waals surface area contributed by atoms with Crippen LogP contribution in [0.4, 0.5) is 26.3 Å². The van der Waals surface area contributed by atoms with Crippen LogP contribution in [0.3, 0.4) is 0 Å². The van der Waals surface area contributed by atoms with Gasteiger partial charge >= 0.3 is 11.9 Å². The van der Waals surface area contributed by atoms with E-state index in [0.29, 0.717) is 23.5 Å². The Bertz CT molecular complexity index is 2120. The number of alkyl halides is 6. The van der Waals surface area contributed by atoms with Crippen LogP contribution in [-0.2, 0) is 38.2 Å². The first-order valence-corrected chi connectivity index (χ1v) is 25.5. The van der Waals surface area contributed by atoms with E-state index in [0.717, 1.165) is 12.2 Å². The molecule has 8 aliphatic rings. The van der Waals surface area contributed by atoms with Gasteiger partial charge in [-0.25, -0.2) is 26.3 Å². The molecule has 6 saturated carbocycles. The smallest absolute Gasteiger partial charge is 0.306 e. The SMILES string of the molecule is CCC(=O)O[C@]1(C(=O)SCF)[C@H](C)C[C@H]2C3C[C@H](F)C4=CC(=O)C=C[C@]4(C)[C@@]3(F)[C@@H](O)C[C@@]21C.CCC(=O)O[C@]1(C(=O)SCF)[C@H](C)C[C@H]2C3C[C@H](F)C4=CC(=O)C=C[C@]4(C)[C@@]3(F)[C@@H](O)C[C@@]21C. The highest BCUT2D eigenvalue weighted by Crippen LogP contribution is 2.74. The number of thioether (sulfide) groups is 2. The van der Waals surface area contributed by atoms with Crippen molar-refractivity contribution in [1.82, 2.24) is 0 Å². The Hall–Kier alpha value is -3.22. The molecule has 0 bridgehead atoms. The number of hydrogen-bond acceptors (Lipinski definition) is 12. The molecule has 6 fully saturated rings. The highest BCUT2D eigenvalue weighted by Gasteiger charge is 2.80. The van der Waals surface area contributed by atoms with Crippen LogP contribution in [0.2, 0.25) is 0 Å². The van der Waals surface area contributed by atoms with Crippen LogP contribution in [-0.4, -0.2) is 103 Å². The van der Waals surface area contributed by atoms with Gasteiger partial charge in [0.15, 0.2) is 34.1 Å². The largest absolute Gasteiger partial charge is 0.449 e. The van der Waals surface area contributed by atoms with Gasteiger partial charge in [-0.15, -0.1) is 0 Å². The highest BCUT2D eigenvalue weighted by atomic mass is 32.2.